The predicted octanol–water partition coefficient (Wildman–Crippen LogP) is 1.93. The van der Waals surface area contributed by atoms with Gasteiger partial charge in [0.15, 0.2) is 0 Å². The molecular weight excluding hydrogens is 236 g/mol. The Bertz CT molecular complexity index is 448. The number of aliphatic hydroxyl groups excluding tert-OH is 1. The first kappa shape index (κ1) is 12.9. The highest BCUT2D eigenvalue weighted by Gasteiger charge is 2.38. The second-order valence-corrected chi connectivity index (χ2v) is 6.13. The van der Waals surface area contributed by atoms with E-state index in [0.29, 0.717) is 5.92 Å². The van der Waals surface area contributed by atoms with E-state index < -0.39 is 0 Å². The van der Waals surface area contributed by atoms with Gasteiger partial charge < -0.3 is 15.7 Å². The van der Waals surface area contributed by atoms with Crippen molar-refractivity contribution in [1.29, 1.82) is 0 Å². The van der Waals surface area contributed by atoms with Crippen LogP contribution >= 0.6 is 0 Å². The SMILES string of the molecule is NC1(CO)CCCC1CCN1CCc2ccccc21. The molecule has 3 nitrogen and oxygen atoms in total. The van der Waals surface area contributed by atoms with Crippen molar-refractivity contribution in [2.75, 3.05) is 24.6 Å². The molecule has 0 radical (unpaired) electrons. The molecule has 0 amide bonds. The van der Waals surface area contributed by atoms with Crippen LogP contribution in [0, 0.1) is 5.92 Å². The summed E-state index contributed by atoms with van der Waals surface area (Å²) in [5.74, 6) is 0.477. The Morgan fingerprint density at radius 2 is 2.21 bits per heavy atom. The van der Waals surface area contributed by atoms with E-state index in [4.69, 9.17) is 5.73 Å². The molecule has 0 bridgehead atoms. The van der Waals surface area contributed by atoms with Crippen LogP contribution in [0.1, 0.15) is 31.2 Å². The lowest BCUT2D eigenvalue weighted by atomic mass is 9.86. The number of fused-ring (bicyclic) bond motifs is 1. The Kier molecular flexibility index (Phi) is 3.50. The minimum atomic E-state index is -0.320. The molecular formula is C16H24N2O. The summed E-state index contributed by atoms with van der Waals surface area (Å²) < 4.78 is 0. The molecule has 19 heavy (non-hydrogen) atoms. The molecule has 2 unspecified atom stereocenters. The van der Waals surface area contributed by atoms with E-state index in [1.165, 1.54) is 17.7 Å². The van der Waals surface area contributed by atoms with Crippen molar-refractivity contribution >= 4 is 5.69 Å². The molecule has 1 aliphatic heterocycles. The summed E-state index contributed by atoms with van der Waals surface area (Å²) in [6, 6.07) is 8.69. The zero-order valence-corrected chi connectivity index (χ0v) is 11.5. The molecule has 2 aliphatic rings. The van der Waals surface area contributed by atoms with Crippen LogP contribution in [0.5, 0.6) is 0 Å². The molecule has 1 fully saturated rings. The van der Waals surface area contributed by atoms with E-state index >= 15 is 0 Å². The first-order valence-corrected chi connectivity index (χ1v) is 7.45. The van der Waals surface area contributed by atoms with Crippen molar-refractivity contribution in [3.63, 3.8) is 0 Å². The summed E-state index contributed by atoms with van der Waals surface area (Å²) in [5.41, 5.74) is 8.86. The number of aliphatic hydroxyl groups is 1. The zero-order valence-electron chi connectivity index (χ0n) is 11.5. The van der Waals surface area contributed by atoms with Gasteiger partial charge in [0.25, 0.3) is 0 Å². The maximum absolute atomic E-state index is 9.51. The van der Waals surface area contributed by atoms with E-state index in [1.54, 1.807) is 0 Å². The van der Waals surface area contributed by atoms with E-state index in [2.05, 4.69) is 29.2 Å². The number of hydrogen-bond donors (Lipinski definition) is 2. The van der Waals surface area contributed by atoms with Crippen LogP contribution in [0.2, 0.25) is 0 Å². The molecule has 104 valence electrons. The third kappa shape index (κ3) is 2.37. The number of nitrogens with two attached hydrogens (primary N) is 1. The smallest absolute Gasteiger partial charge is 0.0613 e. The van der Waals surface area contributed by atoms with Crippen LogP contribution in [0.4, 0.5) is 5.69 Å². The zero-order chi connectivity index (χ0) is 13.3. The van der Waals surface area contributed by atoms with E-state index in [9.17, 15) is 5.11 Å². The monoisotopic (exact) mass is 260 g/mol. The van der Waals surface area contributed by atoms with Gasteiger partial charge >= 0.3 is 0 Å². The van der Waals surface area contributed by atoms with Gasteiger partial charge in [-0.3, -0.25) is 0 Å². The van der Waals surface area contributed by atoms with Crippen molar-refractivity contribution in [3.8, 4) is 0 Å². The number of nitrogens with zero attached hydrogens (tertiary/aromatic N) is 1. The van der Waals surface area contributed by atoms with Crippen LogP contribution in [0.3, 0.4) is 0 Å². The van der Waals surface area contributed by atoms with Crippen LogP contribution in [-0.2, 0) is 6.42 Å². The Morgan fingerprint density at radius 3 is 3.05 bits per heavy atom. The Labute approximate surface area is 115 Å². The number of hydrogen-bond acceptors (Lipinski definition) is 3. The average molecular weight is 260 g/mol. The molecule has 1 aromatic carbocycles. The summed E-state index contributed by atoms with van der Waals surface area (Å²) in [5, 5.41) is 9.51. The molecule has 1 saturated carbocycles. The molecule has 1 heterocycles. The highest BCUT2D eigenvalue weighted by atomic mass is 16.3. The summed E-state index contributed by atoms with van der Waals surface area (Å²) in [4.78, 5) is 2.48. The Morgan fingerprint density at radius 1 is 1.37 bits per heavy atom. The topological polar surface area (TPSA) is 49.5 Å². The second-order valence-electron chi connectivity index (χ2n) is 6.13. The number of benzene rings is 1. The first-order valence-electron chi connectivity index (χ1n) is 7.45. The molecule has 0 spiro atoms. The quantitative estimate of drug-likeness (QED) is 0.869. The van der Waals surface area contributed by atoms with Gasteiger partial charge in [0.2, 0.25) is 0 Å². The largest absolute Gasteiger partial charge is 0.394 e. The predicted molar refractivity (Wildman–Crippen MR) is 78.3 cm³/mol. The van der Waals surface area contributed by atoms with Crippen LogP contribution < -0.4 is 10.6 Å². The van der Waals surface area contributed by atoms with Gasteiger partial charge in [-0.1, -0.05) is 24.6 Å². The van der Waals surface area contributed by atoms with Gasteiger partial charge in [0.05, 0.1) is 6.61 Å². The molecule has 1 aliphatic carbocycles. The van der Waals surface area contributed by atoms with Crippen LogP contribution in [0.15, 0.2) is 24.3 Å². The molecule has 3 rings (SSSR count). The summed E-state index contributed by atoms with van der Waals surface area (Å²) in [6.07, 6.45) is 5.58. The molecule has 3 heteroatoms. The van der Waals surface area contributed by atoms with E-state index in [1.807, 2.05) is 0 Å². The van der Waals surface area contributed by atoms with Crippen molar-refractivity contribution in [1.82, 2.24) is 0 Å². The lowest BCUT2D eigenvalue weighted by Crippen LogP contribution is -2.47. The average Bonchev–Trinajstić information content (AvgIpc) is 3.01. The minimum Gasteiger partial charge on any atom is -0.394 e. The summed E-state index contributed by atoms with van der Waals surface area (Å²) >= 11 is 0. The molecule has 0 saturated heterocycles. The molecule has 1 aromatic rings. The number of anilines is 1. The summed E-state index contributed by atoms with van der Waals surface area (Å²) in [6.45, 7) is 2.33. The highest BCUT2D eigenvalue weighted by Crippen LogP contribution is 2.37. The van der Waals surface area contributed by atoms with Crippen LogP contribution in [-0.4, -0.2) is 30.3 Å². The van der Waals surface area contributed by atoms with Crippen molar-refractivity contribution < 1.29 is 5.11 Å². The van der Waals surface area contributed by atoms with E-state index in [0.717, 1.165) is 38.8 Å². The highest BCUT2D eigenvalue weighted by molar-refractivity contribution is 5.57. The Hall–Kier alpha value is -1.06. The first-order chi connectivity index (χ1) is 9.23. The number of rotatable bonds is 4. The fourth-order valence-corrected chi connectivity index (χ4v) is 3.76. The molecule has 0 aromatic heterocycles. The maximum Gasteiger partial charge on any atom is 0.0613 e. The van der Waals surface area contributed by atoms with Gasteiger partial charge in [0.1, 0.15) is 0 Å². The van der Waals surface area contributed by atoms with Gasteiger partial charge in [-0.15, -0.1) is 0 Å². The normalized spacial score (nSPS) is 29.8. The fraction of sp³-hybridized carbons (Fsp3) is 0.625. The Balaban J connectivity index is 1.62. The van der Waals surface area contributed by atoms with Gasteiger partial charge in [-0.05, 0) is 43.2 Å². The van der Waals surface area contributed by atoms with Gasteiger partial charge in [-0.2, -0.15) is 0 Å². The number of para-hydroxylation sites is 1. The third-order valence-corrected chi connectivity index (χ3v) is 5.03. The lowest BCUT2D eigenvalue weighted by molar-refractivity contribution is 0.156. The fourth-order valence-electron chi connectivity index (χ4n) is 3.76. The molecule has 2 atom stereocenters. The lowest BCUT2D eigenvalue weighted by Gasteiger charge is -2.31. The van der Waals surface area contributed by atoms with Gasteiger partial charge in [-0.25, -0.2) is 0 Å². The summed E-state index contributed by atoms with van der Waals surface area (Å²) in [7, 11) is 0. The van der Waals surface area contributed by atoms with Crippen molar-refractivity contribution in [2.45, 2.75) is 37.6 Å². The van der Waals surface area contributed by atoms with Crippen molar-refractivity contribution in [2.24, 2.45) is 11.7 Å². The van der Waals surface area contributed by atoms with E-state index in [-0.39, 0.29) is 12.1 Å². The van der Waals surface area contributed by atoms with Gasteiger partial charge in [0, 0.05) is 24.3 Å². The second kappa shape index (κ2) is 5.14. The standard InChI is InChI=1S/C16H24N2O/c17-16(12-19)9-3-5-14(16)8-11-18-10-7-13-4-1-2-6-15(13)18/h1-2,4,6,14,19H,3,5,7-12,17H2. The minimum absolute atomic E-state index is 0.133. The van der Waals surface area contributed by atoms with Crippen molar-refractivity contribution in [3.05, 3.63) is 29.8 Å². The molecule has 3 N–H and O–H groups in total. The van der Waals surface area contributed by atoms with Crippen LogP contribution in [0.25, 0.3) is 0 Å². The maximum atomic E-state index is 9.51. The third-order valence-electron chi connectivity index (χ3n) is 5.03.